The van der Waals surface area contributed by atoms with Crippen LogP contribution in [0.4, 0.5) is 4.39 Å². The number of imidazole rings is 1. The standard InChI is InChI=1S/C21H23FN6O2/c1-20-5-6-21(2,27-20)18(22)16(10-20)30-17-11-24-19(26-25-17)14-4-3-13(9-15(14)29)28-8-7-23-12-28/h3-4,7-9,11-12,16,18,27,29H,5-6,10H2,1-2H3/t16-,18-,20-,21+/m1/s1. The van der Waals surface area contributed by atoms with Gasteiger partial charge in [-0.15, -0.1) is 10.2 Å². The Kier molecular flexibility index (Phi) is 4.25. The number of alkyl halides is 1. The number of rotatable bonds is 4. The molecule has 0 radical (unpaired) electrons. The number of aromatic nitrogens is 5. The van der Waals surface area contributed by atoms with Crippen LogP contribution in [0.25, 0.3) is 17.1 Å². The van der Waals surface area contributed by atoms with E-state index < -0.39 is 17.8 Å². The topological polar surface area (TPSA) is 98.0 Å². The van der Waals surface area contributed by atoms with Gasteiger partial charge in [0.1, 0.15) is 11.9 Å². The second-order valence-corrected chi connectivity index (χ2v) is 8.66. The van der Waals surface area contributed by atoms with E-state index in [2.05, 4.69) is 32.4 Å². The molecule has 9 heteroatoms. The van der Waals surface area contributed by atoms with Gasteiger partial charge in [0.2, 0.25) is 0 Å². The van der Waals surface area contributed by atoms with E-state index in [9.17, 15) is 5.11 Å². The highest BCUT2D eigenvalue weighted by molar-refractivity contribution is 5.65. The molecule has 30 heavy (non-hydrogen) atoms. The number of phenols is 1. The van der Waals surface area contributed by atoms with Crippen LogP contribution in [-0.2, 0) is 0 Å². The number of ether oxygens (including phenoxy) is 1. The molecule has 4 heterocycles. The average molecular weight is 410 g/mol. The Morgan fingerprint density at radius 3 is 2.83 bits per heavy atom. The SMILES string of the molecule is C[C@]12CC[C@](C)(N1)[C@H](F)[C@H](Oc1cnc(-c3ccc(-n4ccnc4)cc3O)nn1)C2. The molecule has 3 aromatic rings. The van der Waals surface area contributed by atoms with Crippen LogP contribution in [0.1, 0.15) is 33.1 Å². The van der Waals surface area contributed by atoms with Crippen LogP contribution in [0.2, 0.25) is 0 Å². The zero-order valence-electron chi connectivity index (χ0n) is 16.8. The molecule has 2 aliphatic heterocycles. The van der Waals surface area contributed by atoms with Gasteiger partial charge in [-0.25, -0.2) is 14.4 Å². The fourth-order valence-corrected chi connectivity index (χ4v) is 4.65. The van der Waals surface area contributed by atoms with Crippen molar-refractivity contribution in [2.24, 2.45) is 0 Å². The summed E-state index contributed by atoms with van der Waals surface area (Å²) in [6, 6.07) is 5.14. The van der Waals surface area contributed by atoms with Crippen LogP contribution in [0, 0.1) is 0 Å². The number of piperidine rings is 1. The van der Waals surface area contributed by atoms with E-state index in [0.29, 0.717) is 12.0 Å². The summed E-state index contributed by atoms with van der Waals surface area (Å²) in [4.78, 5) is 8.26. The lowest BCUT2D eigenvalue weighted by atomic mass is 9.85. The third-order valence-corrected chi connectivity index (χ3v) is 6.21. The van der Waals surface area contributed by atoms with Crippen molar-refractivity contribution in [2.45, 2.75) is 56.5 Å². The number of halogens is 1. The maximum absolute atomic E-state index is 15.0. The number of nitrogens with one attached hydrogen (secondary N) is 1. The molecule has 2 saturated heterocycles. The highest BCUT2D eigenvalue weighted by Gasteiger charge is 2.56. The van der Waals surface area contributed by atoms with Crippen molar-refractivity contribution in [2.75, 3.05) is 0 Å². The maximum atomic E-state index is 15.0. The minimum Gasteiger partial charge on any atom is -0.507 e. The molecule has 2 fully saturated rings. The summed E-state index contributed by atoms with van der Waals surface area (Å²) >= 11 is 0. The molecule has 0 unspecified atom stereocenters. The van der Waals surface area contributed by atoms with Gasteiger partial charge < -0.3 is 19.7 Å². The van der Waals surface area contributed by atoms with E-state index >= 15 is 4.39 Å². The van der Waals surface area contributed by atoms with Gasteiger partial charge in [-0.2, -0.15) is 0 Å². The zero-order valence-corrected chi connectivity index (χ0v) is 16.8. The summed E-state index contributed by atoms with van der Waals surface area (Å²) in [7, 11) is 0. The first kappa shape index (κ1) is 18.9. The molecule has 8 nitrogen and oxygen atoms in total. The van der Waals surface area contributed by atoms with E-state index in [0.717, 1.165) is 18.5 Å². The Labute approximate surface area is 173 Å². The number of fused-ring (bicyclic) bond motifs is 2. The molecule has 2 bridgehead atoms. The van der Waals surface area contributed by atoms with E-state index in [1.54, 1.807) is 35.4 Å². The first-order valence-corrected chi connectivity index (χ1v) is 9.97. The van der Waals surface area contributed by atoms with Crippen molar-refractivity contribution >= 4 is 0 Å². The molecular weight excluding hydrogens is 387 g/mol. The summed E-state index contributed by atoms with van der Waals surface area (Å²) in [6.07, 6.45) is 7.02. The van der Waals surface area contributed by atoms with Gasteiger partial charge in [0.05, 0.1) is 29.3 Å². The highest BCUT2D eigenvalue weighted by Crippen LogP contribution is 2.44. The van der Waals surface area contributed by atoms with Crippen molar-refractivity contribution in [3.63, 3.8) is 0 Å². The number of aromatic hydroxyl groups is 1. The van der Waals surface area contributed by atoms with E-state index in [1.165, 1.54) is 6.20 Å². The molecule has 0 spiro atoms. The predicted molar refractivity (Wildman–Crippen MR) is 107 cm³/mol. The largest absolute Gasteiger partial charge is 0.507 e. The molecule has 2 aliphatic rings. The lowest BCUT2D eigenvalue weighted by Crippen LogP contribution is -2.63. The van der Waals surface area contributed by atoms with Gasteiger partial charge in [0.25, 0.3) is 5.88 Å². The van der Waals surface area contributed by atoms with Gasteiger partial charge in [-0.1, -0.05) is 0 Å². The third kappa shape index (κ3) is 3.19. The maximum Gasteiger partial charge on any atom is 0.252 e. The monoisotopic (exact) mass is 410 g/mol. The number of benzene rings is 1. The van der Waals surface area contributed by atoms with E-state index in [4.69, 9.17) is 4.74 Å². The Morgan fingerprint density at radius 2 is 2.13 bits per heavy atom. The van der Waals surface area contributed by atoms with Gasteiger partial charge in [-0.3, -0.25) is 0 Å². The van der Waals surface area contributed by atoms with Crippen molar-refractivity contribution in [1.29, 1.82) is 0 Å². The first-order chi connectivity index (χ1) is 14.4. The molecule has 0 amide bonds. The lowest BCUT2D eigenvalue weighted by molar-refractivity contribution is -0.00973. The molecule has 5 rings (SSSR count). The van der Waals surface area contributed by atoms with E-state index in [1.807, 2.05) is 13.0 Å². The molecule has 0 saturated carbocycles. The van der Waals surface area contributed by atoms with Gasteiger partial charge >= 0.3 is 0 Å². The normalized spacial score (nSPS) is 30.4. The summed E-state index contributed by atoms with van der Waals surface area (Å²) in [5.41, 5.74) is 0.492. The molecule has 2 N–H and O–H groups in total. The quantitative estimate of drug-likeness (QED) is 0.682. The summed E-state index contributed by atoms with van der Waals surface area (Å²) in [6.45, 7) is 4.01. The molecule has 2 aromatic heterocycles. The van der Waals surface area contributed by atoms with Crippen molar-refractivity contribution in [3.8, 4) is 28.7 Å². The smallest absolute Gasteiger partial charge is 0.252 e. The zero-order chi connectivity index (χ0) is 20.9. The van der Waals surface area contributed by atoms with Crippen LogP contribution in [0.5, 0.6) is 11.6 Å². The summed E-state index contributed by atoms with van der Waals surface area (Å²) in [5, 5.41) is 22.0. The van der Waals surface area contributed by atoms with Crippen molar-refractivity contribution < 1.29 is 14.2 Å². The van der Waals surface area contributed by atoms with Gasteiger partial charge in [0.15, 0.2) is 12.0 Å². The van der Waals surface area contributed by atoms with Crippen molar-refractivity contribution in [3.05, 3.63) is 43.1 Å². The first-order valence-electron chi connectivity index (χ1n) is 9.97. The molecule has 156 valence electrons. The number of hydrogen-bond acceptors (Lipinski definition) is 7. The van der Waals surface area contributed by atoms with E-state index in [-0.39, 0.29) is 23.0 Å². The number of phenolic OH excluding ortho intramolecular Hbond substituents is 1. The van der Waals surface area contributed by atoms with Gasteiger partial charge in [-0.05, 0) is 38.8 Å². The van der Waals surface area contributed by atoms with Crippen LogP contribution in [0.3, 0.4) is 0 Å². The highest BCUT2D eigenvalue weighted by atomic mass is 19.1. The molecule has 0 aliphatic carbocycles. The summed E-state index contributed by atoms with van der Waals surface area (Å²) < 4.78 is 22.7. The van der Waals surface area contributed by atoms with Gasteiger partial charge in [0, 0.05) is 30.4 Å². The van der Waals surface area contributed by atoms with Crippen LogP contribution in [-0.4, -0.2) is 53.2 Å². The van der Waals surface area contributed by atoms with Crippen LogP contribution < -0.4 is 10.1 Å². The number of hydrogen-bond donors (Lipinski definition) is 2. The van der Waals surface area contributed by atoms with Crippen LogP contribution in [0.15, 0.2) is 43.1 Å². The second-order valence-electron chi connectivity index (χ2n) is 8.66. The Morgan fingerprint density at radius 1 is 1.27 bits per heavy atom. The summed E-state index contributed by atoms with van der Waals surface area (Å²) in [5.74, 6) is 0.462. The fourth-order valence-electron chi connectivity index (χ4n) is 4.65. The van der Waals surface area contributed by atoms with Crippen LogP contribution >= 0.6 is 0 Å². The third-order valence-electron chi connectivity index (χ3n) is 6.21. The predicted octanol–water partition coefficient (Wildman–Crippen LogP) is 2.82. The minimum atomic E-state index is -1.14. The Balaban J connectivity index is 1.34. The second kappa shape index (κ2) is 6.73. The minimum absolute atomic E-state index is 0.0243. The Bertz CT molecular complexity index is 1060. The number of nitrogens with zero attached hydrogens (tertiary/aromatic N) is 5. The Hall–Kier alpha value is -3.07. The van der Waals surface area contributed by atoms with Crippen molar-refractivity contribution in [1.82, 2.24) is 30.0 Å². The fraction of sp³-hybridized carbons (Fsp3) is 0.429. The average Bonchev–Trinajstić information content (AvgIpc) is 3.34. The lowest BCUT2D eigenvalue weighted by Gasteiger charge is -2.43. The molecular formula is C21H23FN6O2. The molecule has 4 atom stereocenters. The molecule has 1 aromatic carbocycles.